The zero-order valence-corrected chi connectivity index (χ0v) is 13.8. The van der Waals surface area contributed by atoms with Crippen LogP contribution in [0.15, 0.2) is 12.1 Å². The van der Waals surface area contributed by atoms with E-state index < -0.39 is 6.10 Å². The highest BCUT2D eigenvalue weighted by Crippen LogP contribution is 2.31. The third-order valence-corrected chi connectivity index (χ3v) is 3.99. The predicted molar refractivity (Wildman–Crippen MR) is 85.4 cm³/mol. The lowest BCUT2D eigenvalue weighted by Gasteiger charge is -2.35. The minimum atomic E-state index is -0.700. The average molecular weight is 297 g/mol. The molecule has 1 aromatic carbocycles. The second-order valence-corrected chi connectivity index (χ2v) is 5.49. The van der Waals surface area contributed by atoms with Crippen LogP contribution in [0.25, 0.3) is 0 Å². The van der Waals surface area contributed by atoms with Crippen LogP contribution in [0.2, 0.25) is 0 Å². The lowest BCUT2D eigenvalue weighted by atomic mass is 10.0. The van der Waals surface area contributed by atoms with Crippen molar-refractivity contribution in [2.24, 2.45) is 0 Å². The van der Waals surface area contributed by atoms with E-state index in [1.807, 2.05) is 6.07 Å². The fourth-order valence-corrected chi connectivity index (χ4v) is 2.68. The van der Waals surface area contributed by atoms with Crippen molar-refractivity contribution in [3.05, 3.63) is 29.1 Å². The van der Waals surface area contributed by atoms with E-state index in [-0.39, 0.29) is 5.82 Å². The standard InChI is InChI=1S/C17H28FNO2/c1-6-14(7-2)19(8-9-21-5)17-10-12(3)16(18)11-15(17)13(4)20/h10-11,13-14,20H,6-9H2,1-5H3/t13-/m0/s1. The summed E-state index contributed by atoms with van der Waals surface area (Å²) in [6, 6.07) is 3.64. The number of nitrogens with zero attached hydrogens (tertiary/aromatic N) is 1. The highest BCUT2D eigenvalue weighted by molar-refractivity contribution is 5.57. The molecule has 0 aliphatic carbocycles. The minimum Gasteiger partial charge on any atom is -0.389 e. The van der Waals surface area contributed by atoms with Crippen LogP contribution < -0.4 is 4.90 Å². The Morgan fingerprint density at radius 2 is 1.90 bits per heavy atom. The summed E-state index contributed by atoms with van der Waals surface area (Å²) in [7, 11) is 1.68. The fraction of sp³-hybridized carbons (Fsp3) is 0.647. The molecular weight excluding hydrogens is 269 g/mol. The van der Waals surface area contributed by atoms with Crippen LogP contribution in [0, 0.1) is 12.7 Å². The highest BCUT2D eigenvalue weighted by Gasteiger charge is 2.21. The molecule has 1 aromatic rings. The van der Waals surface area contributed by atoms with E-state index in [2.05, 4.69) is 18.7 Å². The number of aliphatic hydroxyl groups is 1. The predicted octanol–water partition coefficient (Wildman–Crippen LogP) is 3.83. The maximum Gasteiger partial charge on any atom is 0.126 e. The molecule has 1 N–H and O–H groups in total. The second-order valence-electron chi connectivity index (χ2n) is 5.49. The van der Waals surface area contributed by atoms with Crippen LogP contribution in [0.4, 0.5) is 10.1 Å². The molecule has 0 unspecified atom stereocenters. The minimum absolute atomic E-state index is 0.272. The van der Waals surface area contributed by atoms with Crippen molar-refractivity contribution >= 4 is 5.69 Å². The molecular formula is C17H28FNO2. The lowest BCUT2D eigenvalue weighted by molar-refractivity contribution is 0.195. The van der Waals surface area contributed by atoms with E-state index in [0.717, 1.165) is 25.1 Å². The highest BCUT2D eigenvalue weighted by atomic mass is 19.1. The summed E-state index contributed by atoms with van der Waals surface area (Å²) in [5.74, 6) is -0.272. The first-order valence-electron chi connectivity index (χ1n) is 7.69. The summed E-state index contributed by atoms with van der Waals surface area (Å²) in [6.07, 6.45) is 1.29. The summed E-state index contributed by atoms with van der Waals surface area (Å²) in [5, 5.41) is 10.00. The van der Waals surface area contributed by atoms with Gasteiger partial charge < -0.3 is 14.7 Å². The first-order chi connectivity index (χ1) is 9.96. The third-order valence-electron chi connectivity index (χ3n) is 3.99. The Bertz CT molecular complexity index is 445. The van der Waals surface area contributed by atoms with Crippen LogP contribution >= 0.6 is 0 Å². The van der Waals surface area contributed by atoms with Crippen molar-refractivity contribution in [2.45, 2.75) is 52.7 Å². The van der Waals surface area contributed by atoms with Crippen molar-refractivity contribution in [2.75, 3.05) is 25.2 Å². The quantitative estimate of drug-likeness (QED) is 0.791. The van der Waals surface area contributed by atoms with Crippen LogP contribution in [0.1, 0.15) is 50.8 Å². The van der Waals surface area contributed by atoms with E-state index in [1.165, 1.54) is 6.07 Å². The summed E-state index contributed by atoms with van der Waals surface area (Å²) in [5.41, 5.74) is 2.15. The van der Waals surface area contributed by atoms with Gasteiger partial charge in [0.1, 0.15) is 5.82 Å². The maximum absolute atomic E-state index is 13.8. The average Bonchev–Trinajstić information content (AvgIpc) is 2.46. The number of anilines is 1. The van der Waals surface area contributed by atoms with Crippen LogP contribution in [0.5, 0.6) is 0 Å². The number of aryl methyl sites for hydroxylation is 1. The van der Waals surface area contributed by atoms with Crippen molar-refractivity contribution in [1.29, 1.82) is 0 Å². The van der Waals surface area contributed by atoms with Gasteiger partial charge in [0.15, 0.2) is 0 Å². The van der Waals surface area contributed by atoms with Crippen molar-refractivity contribution < 1.29 is 14.2 Å². The normalized spacial score (nSPS) is 12.8. The SMILES string of the molecule is CCC(CC)N(CCOC)c1cc(C)c(F)cc1[C@H](C)O. The van der Waals surface area contributed by atoms with Gasteiger partial charge in [-0.2, -0.15) is 0 Å². The molecule has 0 aliphatic heterocycles. The van der Waals surface area contributed by atoms with Gasteiger partial charge in [-0.05, 0) is 44.4 Å². The zero-order valence-electron chi connectivity index (χ0n) is 13.8. The molecule has 0 aromatic heterocycles. The van der Waals surface area contributed by atoms with Gasteiger partial charge >= 0.3 is 0 Å². The third kappa shape index (κ3) is 4.42. The van der Waals surface area contributed by atoms with Crippen LogP contribution in [0.3, 0.4) is 0 Å². The number of aliphatic hydroxyl groups excluding tert-OH is 1. The molecule has 1 atom stereocenters. The molecule has 1 rings (SSSR count). The summed E-state index contributed by atoms with van der Waals surface area (Å²) >= 11 is 0. The van der Waals surface area contributed by atoms with Crippen LogP contribution in [-0.2, 0) is 4.74 Å². The molecule has 0 bridgehead atoms. The molecule has 0 spiro atoms. The number of methoxy groups -OCH3 is 1. The number of hydrogen-bond acceptors (Lipinski definition) is 3. The molecule has 3 nitrogen and oxygen atoms in total. The number of benzene rings is 1. The lowest BCUT2D eigenvalue weighted by Crippen LogP contribution is -2.38. The molecule has 120 valence electrons. The van der Waals surface area contributed by atoms with Crippen molar-refractivity contribution in [1.82, 2.24) is 0 Å². The van der Waals surface area contributed by atoms with Gasteiger partial charge in [0.05, 0.1) is 12.7 Å². The second kappa shape index (κ2) is 8.35. The number of hydrogen-bond donors (Lipinski definition) is 1. The van der Waals surface area contributed by atoms with Gasteiger partial charge in [0, 0.05) is 30.9 Å². The van der Waals surface area contributed by atoms with E-state index in [9.17, 15) is 9.50 Å². The van der Waals surface area contributed by atoms with Crippen LogP contribution in [-0.4, -0.2) is 31.4 Å². The van der Waals surface area contributed by atoms with Gasteiger partial charge in [-0.25, -0.2) is 4.39 Å². The Balaban J connectivity index is 3.30. The van der Waals surface area contributed by atoms with Crippen molar-refractivity contribution in [3.8, 4) is 0 Å². The van der Waals surface area contributed by atoms with E-state index in [0.29, 0.717) is 23.8 Å². The zero-order chi connectivity index (χ0) is 16.0. The maximum atomic E-state index is 13.8. The largest absolute Gasteiger partial charge is 0.389 e. The first-order valence-corrected chi connectivity index (χ1v) is 7.69. The monoisotopic (exact) mass is 297 g/mol. The molecule has 0 amide bonds. The fourth-order valence-electron chi connectivity index (χ4n) is 2.68. The summed E-state index contributed by atoms with van der Waals surface area (Å²) in [6.45, 7) is 9.06. The van der Waals surface area contributed by atoms with Gasteiger partial charge in [0.2, 0.25) is 0 Å². The van der Waals surface area contributed by atoms with Gasteiger partial charge in [-0.3, -0.25) is 0 Å². The van der Waals surface area contributed by atoms with Gasteiger partial charge in [-0.1, -0.05) is 13.8 Å². The van der Waals surface area contributed by atoms with E-state index in [1.54, 1.807) is 21.0 Å². The smallest absolute Gasteiger partial charge is 0.126 e. The van der Waals surface area contributed by atoms with Gasteiger partial charge in [0.25, 0.3) is 0 Å². The Morgan fingerprint density at radius 1 is 1.29 bits per heavy atom. The molecule has 4 heteroatoms. The first kappa shape index (κ1) is 17.9. The van der Waals surface area contributed by atoms with Crippen molar-refractivity contribution in [3.63, 3.8) is 0 Å². The number of ether oxygens (including phenoxy) is 1. The van der Waals surface area contributed by atoms with E-state index in [4.69, 9.17) is 4.74 Å². The topological polar surface area (TPSA) is 32.7 Å². The molecule has 0 fully saturated rings. The Morgan fingerprint density at radius 3 is 2.38 bits per heavy atom. The van der Waals surface area contributed by atoms with Gasteiger partial charge in [-0.15, -0.1) is 0 Å². The van der Waals surface area contributed by atoms with E-state index >= 15 is 0 Å². The Kier molecular flexibility index (Phi) is 7.12. The Labute approximate surface area is 127 Å². The molecule has 0 radical (unpaired) electrons. The number of halogens is 1. The summed E-state index contributed by atoms with van der Waals surface area (Å²) in [4.78, 5) is 2.23. The molecule has 0 heterocycles. The molecule has 21 heavy (non-hydrogen) atoms. The molecule has 0 saturated carbocycles. The summed E-state index contributed by atoms with van der Waals surface area (Å²) < 4.78 is 19.1. The molecule has 0 saturated heterocycles. The number of rotatable bonds is 8. The molecule has 0 aliphatic rings. The Hall–Kier alpha value is -1.13.